The molecule has 0 aromatic carbocycles. The topological polar surface area (TPSA) is 58.8 Å². The second kappa shape index (κ2) is 5.77. The number of ether oxygens (including phenoxy) is 1. The van der Waals surface area contributed by atoms with Crippen molar-refractivity contribution in [3.63, 3.8) is 0 Å². The molecule has 0 aromatic heterocycles. The third-order valence-electron chi connectivity index (χ3n) is 3.42. The Labute approximate surface area is 117 Å². The molecule has 5 heteroatoms. The van der Waals surface area contributed by atoms with Gasteiger partial charge in [0.25, 0.3) is 0 Å². The van der Waals surface area contributed by atoms with Crippen molar-refractivity contribution in [2.45, 2.75) is 51.4 Å². The summed E-state index contributed by atoms with van der Waals surface area (Å²) in [5.74, 6) is 0.123. The average Bonchev–Trinajstić information content (AvgIpc) is 2.20. The van der Waals surface area contributed by atoms with Crippen molar-refractivity contribution in [1.29, 1.82) is 0 Å². The maximum Gasteiger partial charge on any atom is 0.223 e. The minimum atomic E-state index is -0.212. The van der Waals surface area contributed by atoms with E-state index >= 15 is 0 Å². The van der Waals surface area contributed by atoms with Gasteiger partial charge in [0.15, 0.2) is 0 Å². The van der Waals surface area contributed by atoms with Crippen molar-refractivity contribution in [3.8, 4) is 0 Å². The first kappa shape index (κ1) is 16.4. The molecular weight excluding hydrogens is 242 g/mol. The smallest absolute Gasteiger partial charge is 0.223 e. The molecule has 0 aliphatic carbocycles. The van der Waals surface area contributed by atoms with E-state index in [2.05, 4.69) is 32.6 Å². The summed E-state index contributed by atoms with van der Waals surface area (Å²) in [5, 5.41) is 0. The summed E-state index contributed by atoms with van der Waals surface area (Å²) in [4.78, 5) is 15.8. The number of hydrogen-bond acceptors (Lipinski definition) is 4. The lowest BCUT2D eigenvalue weighted by Crippen LogP contribution is -2.61. The van der Waals surface area contributed by atoms with E-state index in [1.54, 1.807) is 19.0 Å². The van der Waals surface area contributed by atoms with Crippen molar-refractivity contribution >= 4 is 5.91 Å². The van der Waals surface area contributed by atoms with Crippen LogP contribution < -0.4 is 5.73 Å². The molecule has 0 saturated carbocycles. The van der Waals surface area contributed by atoms with Gasteiger partial charge in [-0.15, -0.1) is 0 Å². The highest BCUT2D eigenvalue weighted by atomic mass is 16.5. The first-order valence-electron chi connectivity index (χ1n) is 6.91. The number of amides is 1. The Kier molecular flexibility index (Phi) is 4.98. The zero-order valence-electron chi connectivity index (χ0n) is 13.2. The molecule has 0 bridgehead atoms. The first-order valence-corrected chi connectivity index (χ1v) is 6.91. The second-order valence-corrected chi connectivity index (χ2v) is 6.91. The Bertz CT molecular complexity index is 311. The molecule has 0 aromatic rings. The third kappa shape index (κ3) is 4.75. The van der Waals surface area contributed by atoms with Crippen LogP contribution in [0.2, 0.25) is 0 Å². The van der Waals surface area contributed by atoms with Crippen molar-refractivity contribution in [2.24, 2.45) is 5.73 Å². The number of hydrogen-bond donors (Lipinski definition) is 1. The van der Waals surface area contributed by atoms with Gasteiger partial charge in [0.05, 0.1) is 11.2 Å². The van der Waals surface area contributed by atoms with Gasteiger partial charge >= 0.3 is 0 Å². The average molecular weight is 271 g/mol. The lowest BCUT2D eigenvalue weighted by Gasteiger charge is -2.49. The molecule has 19 heavy (non-hydrogen) atoms. The zero-order valence-corrected chi connectivity index (χ0v) is 13.2. The number of carbonyl (C=O) groups is 1. The van der Waals surface area contributed by atoms with Gasteiger partial charge in [-0.05, 0) is 27.7 Å². The number of morpholine rings is 1. The fraction of sp³-hybridized carbons (Fsp3) is 0.929. The van der Waals surface area contributed by atoms with E-state index in [9.17, 15) is 4.79 Å². The minimum Gasteiger partial charge on any atom is -0.367 e. The van der Waals surface area contributed by atoms with E-state index in [-0.39, 0.29) is 23.2 Å². The van der Waals surface area contributed by atoms with Crippen LogP contribution in [0.1, 0.15) is 34.1 Å². The van der Waals surface area contributed by atoms with E-state index in [1.807, 2.05) is 0 Å². The minimum absolute atomic E-state index is 0.0809. The van der Waals surface area contributed by atoms with E-state index < -0.39 is 0 Å². The Morgan fingerprint density at radius 3 is 2.11 bits per heavy atom. The maximum atomic E-state index is 11.9. The molecule has 1 saturated heterocycles. The summed E-state index contributed by atoms with van der Waals surface area (Å²) < 4.78 is 6.06. The van der Waals surface area contributed by atoms with Gasteiger partial charge in [-0.1, -0.05) is 0 Å². The van der Waals surface area contributed by atoms with Crippen LogP contribution in [-0.2, 0) is 9.53 Å². The van der Waals surface area contributed by atoms with E-state index in [4.69, 9.17) is 10.5 Å². The number of carbonyl (C=O) groups excluding carboxylic acids is 1. The largest absolute Gasteiger partial charge is 0.367 e. The molecule has 1 fully saturated rings. The zero-order chi connectivity index (χ0) is 14.8. The van der Waals surface area contributed by atoms with Crippen LogP contribution in [0, 0.1) is 0 Å². The molecule has 1 unspecified atom stereocenters. The van der Waals surface area contributed by atoms with Gasteiger partial charge in [-0.25, -0.2) is 0 Å². The molecule has 2 N–H and O–H groups in total. The van der Waals surface area contributed by atoms with Gasteiger partial charge in [0.1, 0.15) is 0 Å². The molecule has 1 atom stereocenters. The molecule has 1 aliphatic heterocycles. The standard InChI is InChI=1S/C14H29N3O2/c1-13(2)9-17(10-14(3,4)19-13)11(8-15)7-12(18)16(5)6/h11H,7-10,15H2,1-6H3. The molecule has 5 nitrogen and oxygen atoms in total. The van der Waals surface area contributed by atoms with E-state index in [1.165, 1.54) is 0 Å². The van der Waals surface area contributed by atoms with Gasteiger partial charge in [0, 0.05) is 46.2 Å². The maximum absolute atomic E-state index is 11.9. The highest BCUT2D eigenvalue weighted by Gasteiger charge is 2.40. The first-order chi connectivity index (χ1) is 8.56. The molecule has 1 rings (SSSR count). The van der Waals surface area contributed by atoms with Gasteiger partial charge < -0.3 is 15.4 Å². The Balaban J connectivity index is 2.77. The SMILES string of the molecule is CN(C)C(=O)CC(CN)N1CC(C)(C)OC(C)(C)C1. The van der Waals surface area contributed by atoms with Crippen LogP contribution in [0.25, 0.3) is 0 Å². The summed E-state index contributed by atoms with van der Waals surface area (Å²) in [5.41, 5.74) is 5.45. The van der Waals surface area contributed by atoms with Crippen LogP contribution in [0.3, 0.4) is 0 Å². The highest BCUT2D eigenvalue weighted by molar-refractivity contribution is 5.76. The molecule has 0 spiro atoms. The molecule has 1 heterocycles. The number of nitrogens with two attached hydrogens (primary N) is 1. The quantitative estimate of drug-likeness (QED) is 0.817. The number of rotatable bonds is 4. The summed E-state index contributed by atoms with van der Waals surface area (Å²) in [7, 11) is 3.56. The second-order valence-electron chi connectivity index (χ2n) is 6.91. The van der Waals surface area contributed by atoms with Crippen LogP contribution in [0.15, 0.2) is 0 Å². The molecule has 1 aliphatic rings. The summed E-state index contributed by atoms with van der Waals surface area (Å²) in [6.45, 7) is 10.4. The monoisotopic (exact) mass is 271 g/mol. The molecule has 0 radical (unpaired) electrons. The summed E-state index contributed by atoms with van der Waals surface area (Å²) in [6, 6.07) is 0.0809. The lowest BCUT2D eigenvalue weighted by atomic mass is 9.96. The summed E-state index contributed by atoms with van der Waals surface area (Å²) >= 11 is 0. The predicted octanol–water partition coefficient (Wildman–Crippen LogP) is 0.681. The predicted molar refractivity (Wildman–Crippen MR) is 77.0 cm³/mol. The molecular formula is C14H29N3O2. The molecule has 112 valence electrons. The fourth-order valence-electron chi connectivity index (χ4n) is 2.85. The lowest BCUT2D eigenvalue weighted by molar-refractivity contribution is -0.188. The fourth-order valence-corrected chi connectivity index (χ4v) is 2.85. The third-order valence-corrected chi connectivity index (χ3v) is 3.42. The highest BCUT2D eigenvalue weighted by Crippen LogP contribution is 2.29. The Morgan fingerprint density at radius 1 is 1.26 bits per heavy atom. The Hall–Kier alpha value is -0.650. The van der Waals surface area contributed by atoms with E-state index in [0.29, 0.717) is 13.0 Å². The summed E-state index contributed by atoms with van der Waals surface area (Å²) in [6.07, 6.45) is 0.468. The normalized spacial score (nSPS) is 23.9. The van der Waals surface area contributed by atoms with Crippen LogP contribution in [0.5, 0.6) is 0 Å². The molecule has 1 amide bonds. The van der Waals surface area contributed by atoms with Crippen molar-refractivity contribution < 1.29 is 9.53 Å². The van der Waals surface area contributed by atoms with Crippen LogP contribution in [0.4, 0.5) is 0 Å². The van der Waals surface area contributed by atoms with Crippen molar-refractivity contribution in [2.75, 3.05) is 33.7 Å². The van der Waals surface area contributed by atoms with E-state index in [0.717, 1.165) is 13.1 Å². The Morgan fingerprint density at radius 2 is 1.74 bits per heavy atom. The number of nitrogens with zero attached hydrogens (tertiary/aromatic N) is 2. The van der Waals surface area contributed by atoms with Crippen molar-refractivity contribution in [3.05, 3.63) is 0 Å². The van der Waals surface area contributed by atoms with Gasteiger partial charge in [0.2, 0.25) is 5.91 Å². The van der Waals surface area contributed by atoms with Gasteiger partial charge in [-0.3, -0.25) is 9.69 Å². The van der Waals surface area contributed by atoms with Gasteiger partial charge in [-0.2, -0.15) is 0 Å². The van der Waals surface area contributed by atoms with Crippen LogP contribution >= 0.6 is 0 Å². The van der Waals surface area contributed by atoms with Crippen LogP contribution in [-0.4, -0.2) is 66.7 Å². The van der Waals surface area contributed by atoms with Crippen molar-refractivity contribution in [1.82, 2.24) is 9.80 Å².